The number of aromatic nitrogens is 3. The molecule has 0 saturated heterocycles. The first-order valence-corrected chi connectivity index (χ1v) is 11.5. The largest absolute Gasteiger partial charge is 0.497 e. The third kappa shape index (κ3) is 6.10. The smallest absolute Gasteiger partial charge is 0.242 e. The first-order valence-electron chi connectivity index (χ1n) is 10.5. The maximum absolute atomic E-state index is 14.7. The van der Waals surface area contributed by atoms with Crippen LogP contribution in [-0.2, 0) is 9.59 Å². The van der Waals surface area contributed by atoms with Crippen molar-refractivity contribution in [2.45, 2.75) is 31.5 Å². The van der Waals surface area contributed by atoms with Gasteiger partial charge in [-0.05, 0) is 49.7 Å². The van der Waals surface area contributed by atoms with E-state index in [1.165, 1.54) is 6.07 Å². The SMILES string of the molecule is CCCNC(=O)[C@@H](C)NC(=O)CSc1nnc(-c2ccc(OC)cc2)n1-c1ccccc1F. The summed E-state index contributed by atoms with van der Waals surface area (Å²) in [5.41, 5.74) is 0.979. The summed E-state index contributed by atoms with van der Waals surface area (Å²) in [7, 11) is 1.57. The highest BCUT2D eigenvalue weighted by Crippen LogP contribution is 2.30. The van der Waals surface area contributed by atoms with E-state index < -0.39 is 11.9 Å². The van der Waals surface area contributed by atoms with Crippen LogP contribution in [0.15, 0.2) is 53.7 Å². The predicted molar refractivity (Wildman–Crippen MR) is 125 cm³/mol. The fourth-order valence-corrected chi connectivity index (χ4v) is 3.78. The van der Waals surface area contributed by atoms with E-state index in [0.717, 1.165) is 18.2 Å². The summed E-state index contributed by atoms with van der Waals surface area (Å²) in [6, 6.07) is 12.8. The molecule has 2 N–H and O–H groups in total. The zero-order chi connectivity index (χ0) is 23.8. The van der Waals surface area contributed by atoms with E-state index in [1.807, 2.05) is 6.92 Å². The second kappa shape index (κ2) is 11.5. The average Bonchev–Trinajstić information content (AvgIpc) is 3.25. The molecule has 0 spiro atoms. The Labute approximate surface area is 195 Å². The molecular weight excluding hydrogens is 445 g/mol. The van der Waals surface area contributed by atoms with Crippen LogP contribution in [0.5, 0.6) is 5.75 Å². The van der Waals surface area contributed by atoms with Crippen molar-refractivity contribution < 1.29 is 18.7 Å². The monoisotopic (exact) mass is 471 g/mol. The Kier molecular flexibility index (Phi) is 8.42. The van der Waals surface area contributed by atoms with Gasteiger partial charge in [-0.25, -0.2) is 4.39 Å². The van der Waals surface area contributed by atoms with Gasteiger partial charge in [0.05, 0.1) is 18.6 Å². The van der Waals surface area contributed by atoms with E-state index in [0.29, 0.717) is 28.8 Å². The van der Waals surface area contributed by atoms with Crippen molar-refractivity contribution in [3.8, 4) is 22.8 Å². The van der Waals surface area contributed by atoms with Crippen molar-refractivity contribution in [3.05, 3.63) is 54.3 Å². The number of para-hydroxylation sites is 1. The van der Waals surface area contributed by atoms with Gasteiger partial charge in [0.1, 0.15) is 17.6 Å². The van der Waals surface area contributed by atoms with Crippen LogP contribution in [0.1, 0.15) is 20.3 Å². The lowest BCUT2D eigenvalue weighted by atomic mass is 10.2. The van der Waals surface area contributed by atoms with E-state index >= 15 is 0 Å². The maximum atomic E-state index is 14.7. The van der Waals surface area contributed by atoms with Crippen LogP contribution in [0.2, 0.25) is 0 Å². The molecule has 1 aromatic heterocycles. The van der Waals surface area contributed by atoms with Crippen LogP contribution in [-0.4, -0.2) is 52.0 Å². The third-order valence-corrected chi connectivity index (χ3v) is 5.66. The quantitative estimate of drug-likeness (QED) is 0.441. The van der Waals surface area contributed by atoms with Gasteiger partial charge in [-0.3, -0.25) is 14.2 Å². The molecule has 1 atom stereocenters. The summed E-state index contributed by atoms with van der Waals surface area (Å²) in [6.07, 6.45) is 0.810. The van der Waals surface area contributed by atoms with Crippen LogP contribution < -0.4 is 15.4 Å². The van der Waals surface area contributed by atoms with Crippen LogP contribution in [0.25, 0.3) is 17.1 Å². The van der Waals surface area contributed by atoms with Crippen molar-refractivity contribution in [3.63, 3.8) is 0 Å². The average molecular weight is 472 g/mol. The van der Waals surface area contributed by atoms with Crippen molar-refractivity contribution >= 4 is 23.6 Å². The number of benzene rings is 2. The second-order valence-corrected chi connectivity index (χ2v) is 8.13. The lowest BCUT2D eigenvalue weighted by Crippen LogP contribution is -2.45. The van der Waals surface area contributed by atoms with Gasteiger partial charge in [-0.2, -0.15) is 0 Å². The molecular formula is C23H26FN5O3S. The number of thioether (sulfide) groups is 1. The van der Waals surface area contributed by atoms with E-state index in [4.69, 9.17) is 4.74 Å². The predicted octanol–water partition coefficient (Wildman–Crippen LogP) is 3.21. The number of hydrogen-bond acceptors (Lipinski definition) is 6. The minimum Gasteiger partial charge on any atom is -0.497 e. The molecule has 0 aliphatic rings. The number of halogens is 1. The Morgan fingerprint density at radius 1 is 1.15 bits per heavy atom. The molecule has 0 unspecified atom stereocenters. The molecule has 174 valence electrons. The second-order valence-electron chi connectivity index (χ2n) is 7.19. The Morgan fingerprint density at radius 2 is 1.88 bits per heavy atom. The number of amides is 2. The standard InChI is InChI=1S/C23H26FN5O3S/c1-4-13-25-22(31)15(2)26-20(30)14-33-23-28-27-21(16-9-11-17(32-3)12-10-16)29(23)19-8-6-5-7-18(19)24/h5-12,15H,4,13-14H2,1-3H3,(H,25,31)(H,26,30)/t15-/m1/s1. The number of nitrogens with zero attached hydrogens (tertiary/aromatic N) is 3. The van der Waals surface area contributed by atoms with Gasteiger partial charge in [0.2, 0.25) is 11.8 Å². The molecule has 0 radical (unpaired) electrons. The summed E-state index contributed by atoms with van der Waals surface area (Å²) < 4.78 is 21.5. The van der Waals surface area contributed by atoms with Crippen LogP contribution in [0.3, 0.4) is 0 Å². The molecule has 0 aliphatic carbocycles. The number of ether oxygens (including phenoxy) is 1. The minimum atomic E-state index is -0.663. The summed E-state index contributed by atoms with van der Waals surface area (Å²) in [5, 5.41) is 14.2. The maximum Gasteiger partial charge on any atom is 0.242 e. The van der Waals surface area contributed by atoms with Gasteiger partial charge in [-0.1, -0.05) is 30.8 Å². The van der Waals surface area contributed by atoms with E-state index in [1.54, 1.807) is 61.1 Å². The van der Waals surface area contributed by atoms with Crippen molar-refractivity contribution in [2.75, 3.05) is 19.4 Å². The molecule has 3 rings (SSSR count). The Hall–Kier alpha value is -3.40. The number of rotatable bonds is 10. The molecule has 3 aromatic rings. The summed E-state index contributed by atoms with van der Waals surface area (Å²) in [6.45, 7) is 4.12. The highest BCUT2D eigenvalue weighted by atomic mass is 32.2. The lowest BCUT2D eigenvalue weighted by Gasteiger charge is -2.14. The molecule has 2 amide bonds. The Bertz CT molecular complexity index is 1100. The molecule has 0 bridgehead atoms. The van der Waals surface area contributed by atoms with Gasteiger partial charge in [0.25, 0.3) is 0 Å². The fraction of sp³-hybridized carbons (Fsp3) is 0.304. The summed E-state index contributed by atoms with van der Waals surface area (Å²) in [4.78, 5) is 24.4. The minimum absolute atomic E-state index is 0.0133. The Balaban J connectivity index is 1.82. The van der Waals surface area contributed by atoms with Crippen LogP contribution in [0, 0.1) is 5.82 Å². The highest BCUT2D eigenvalue weighted by Gasteiger charge is 2.21. The van der Waals surface area contributed by atoms with E-state index in [9.17, 15) is 14.0 Å². The highest BCUT2D eigenvalue weighted by molar-refractivity contribution is 7.99. The van der Waals surface area contributed by atoms with Gasteiger partial charge in [0, 0.05) is 12.1 Å². The molecule has 0 saturated carbocycles. The number of carbonyl (C=O) groups excluding carboxylic acids is 2. The zero-order valence-electron chi connectivity index (χ0n) is 18.7. The molecule has 33 heavy (non-hydrogen) atoms. The fourth-order valence-electron chi connectivity index (χ4n) is 3.02. The number of hydrogen-bond donors (Lipinski definition) is 2. The normalized spacial score (nSPS) is 11.6. The lowest BCUT2D eigenvalue weighted by molar-refractivity contribution is -0.127. The molecule has 2 aromatic carbocycles. The molecule has 0 aliphatic heterocycles. The summed E-state index contributed by atoms with van der Waals surface area (Å²) in [5.74, 6) is 0.0667. The first-order chi connectivity index (χ1) is 15.9. The van der Waals surface area contributed by atoms with Gasteiger partial charge in [-0.15, -0.1) is 10.2 Å². The summed E-state index contributed by atoms with van der Waals surface area (Å²) >= 11 is 1.11. The molecule has 1 heterocycles. The zero-order valence-corrected chi connectivity index (χ0v) is 19.5. The molecule has 0 fully saturated rings. The van der Waals surface area contributed by atoms with Gasteiger partial charge < -0.3 is 15.4 Å². The van der Waals surface area contributed by atoms with Crippen LogP contribution in [0.4, 0.5) is 4.39 Å². The van der Waals surface area contributed by atoms with Crippen molar-refractivity contribution in [1.29, 1.82) is 0 Å². The first kappa shape index (κ1) is 24.2. The number of methoxy groups -OCH3 is 1. The van der Waals surface area contributed by atoms with E-state index in [2.05, 4.69) is 20.8 Å². The number of carbonyl (C=O) groups is 2. The van der Waals surface area contributed by atoms with Crippen molar-refractivity contribution in [2.24, 2.45) is 0 Å². The molecule has 10 heteroatoms. The molecule has 8 nitrogen and oxygen atoms in total. The number of nitrogens with one attached hydrogen (secondary N) is 2. The van der Waals surface area contributed by atoms with E-state index in [-0.39, 0.29) is 23.3 Å². The van der Waals surface area contributed by atoms with Gasteiger partial charge >= 0.3 is 0 Å². The van der Waals surface area contributed by atoms with Gasteiger partial charge in [0.15, 0.2) is 11.0 Å². The van der Waals surface area contributed by atoms with Crippen molar-refractivity contribution in [1.82, 2.24) is 25.4 Å². The van der Waals surface area contributed by atoms with Crippen LogP contribution >= 0.6 is 11.8 Å². The third-order valence-electron chi connectivity index (χ3n) is 4.73. The topological polar surface area (TPSA) is 98.1 Å². The Morgan fingerprint density at radius 3 is 2.55 bits per heavy atom.